The van der Waals surface area contributed by atoms with Crippen LogP contribution in [0.5, 0.6) is 0 Å². The zero-order valence-electron chi connectivity index (χ0n) is 11.8. The first kappa shape index (κ1) is 14.6. The maximum Gasteiger partial charge on any atom is 0.243 e. The number of hydrogen-bond acceptors (Lipinski definition) is 5. The molecule has 1 fully saturated rings. The van der Waals surface area contributed by atoms with Crippen molar-refractivity contribution in [3.05, 3.63) is 11.6 Å². The van der Waals surface area contributed by atoms with Crippen LogP contribution in [0.25, 0.3) is 0 Å². The first-order chi connectivity index (χ1) is 9.58. The van der Waals surface area contributed by atoms with Gasteiger partial charge in [0.1, 0.15) is 6.54 Å². The van der Waals surface area contributed by atoms with E-state index in [1.165, 1.54) is 4.90 Å². The number of guanidine groups is 1. The van der Waals surface area contributed by atoms with Crippen LogP contribution in [0.15, 0.2) is 16.6 Å². The quantitative estimate of drug-likeness (QED) is 0.610. The fraction of sp³-hybridized carbons (Fsp3) is 0.583. The highest BCUT2D eigenvalue weighted by molar-refractivity contribution is 7.13. The van der Waals surface area contributed by atoms with Crippen LogP contribution in [0.3, 0.4) is 0 Å². The van der Waals surface area contributed by atoms with Crippen molar-refractivity contribution in [3.8, 4) is 0 Å². The standard InChI is InChI=1S/C12H20N6OS/c1-16(2)10(19)9-15-11(13)17-4-6-18(7-5-17)12-14-3-8-20-12/h3,8H,4-7,9H2,1-2H3,(H2,13,15). The van der Waals surface area contributed by atoms with E-state index in [9.17, 15) is 4.79 Å². The van der Waals surface area contributed by atoms with Gasteiger partial charge in [-0.05, 0) is 0 Å². The molecule has 1 amide bonds. The summed E-state index contributed by atoms with van der Waals surface area (Å²) < 4.78 is 0. The van der Waals surface area contributed by atoms with Crippen LogP contribution >= 0.6 is 11.3 Å². The van der Waals surface area contributed by atoms with Crippen molar-refractivity contribution in [1.82, 2.24) is 14.8 Å². The molecule has 8 heteroatoms. The fourth-order valence-corrected chi connectivity index (χ4v) is 2.59. The van der Waals surface area contributed by atoms with Crippen LogP contribution in [0.4, 0.5) is 5.13 Å². The summed E-state index contributed by atoms with van der Waals surface area (Å²) in [5, 5.41) is 3.02. The third kappa shape index (κ3) is 3.60. The number of aromatic nitrogens is 1. The highest BCUT2D eigenvalue weighted by Crippen LogP contribution is 2.18. The van der Waals surface area contributed by atoms with E-state index in [1.807, 2.05) is 16.5 Å². The smallest absolute Gasteiger partial charge is 0.243 e. The van der Waals surface area contributed by atoms with E-state index in [0.717, 1.165) is 31.3 Å². The Bertz CT molecular complexity index is 464. The minimum absolute atomic E-state index is 0.0469. The van der Waals surface area contributed by atoms with Gasteiger partial charge in [0.2, 0.25) is 5.91 Å². The minimum atomic E-state index is -0.0469. The number of likely N-dealkylation sites (N-methyl/N-ethyl adjacent to an activating group) is 1. The van der Waals surface area contributed by atoms with Gasteiger partial charge in [-0.25, -0.2) is 9.98 Å². The average Bonchev–Trinajstić information content (AvgIpc) is 2.98. The van der Waals surface area contributed by atoms with Gasteiger partial charge in [-0.15, -0.1) is 11.3 Å². The molecule has 0 bridgehead atoms. The number of nitrogens with two attached hydrogens (primary N) is 1. The number of nitrogens with zero attached hydrogens (tertiary/aromatic N) is 5. The van der Waals surface area contributed by atoms with Gasteiger partial charge in [-0.1, -0.05) is 0 Å². The van der Waals surface area contributed by atoms with Crippen molar-refractivity contribution in [2.24, 2.45) is 10.7 Å². The molecule has 7 nitrogen and oxygen atoms in total. The summed E-state index contributed by atoms with van der Waals surface area (Å²) in [6, 6.07) is 0. The molecule has 0 unspecified atom stereocenters. The molecule has 2 N–H and O–H groups in total. The molecule has 1 saturated heterocycles. The number of rotatable bonds is 3. The second-order valence-corrected chi connectivity index (χ2v) is 5.62. The zero-order valence-corrected chi connectivity index (χ0v) is 12.6. The van der Waals surface area contributed by atoms with Gasteiger partial charge >= 0.3 is 0 Å². The summed E-state index contributed by atoms with van der Waals surface area (Å²) in [5.41, 5.74) is 5.93. The first-order valence-corrected chi connectivity index (χ1v) is 7.35. The molecule has 0 aromatic carbocycles. The van der Waals surface area contributed by atoms with E-state index in [4.69, 9.17) is 5.73 Å². The maximum absolute atomic E-state index is 11.5. The van der Waals surface area contributed by atoms with Crippen molar-refractivity contribution in [2.75, 3.05) is 51.7 Å². The molecule has 0 aliphatic carbocycles. The number of amides is 1. The van der Waals surface area contributed by atoms with Gasteiger partial charge in [-0.2, -0.15) is 0 Å². The average molecular weight is 296 g/mol. The molecule has 0 saturated carbocycles. The lowest BCUT2D eigenvalue weighted by molar-refractivity contribution is -0.127. The molecular weight excluding hydrogens is 276 g/mol. The second-order valence-electron chi connectivity index (χ2n) is 4.75. The number of hydrogen-bond donors (Lipinski definition) is 1. The number of piperazine rings is 1. The number of thiazole rings is 1. The monoisotopic (exact) mass is 296 g/mol. The predicted molar refractivity (Wildman–Crippen MR) is 81.1 cm³/mol. The summed E-state index contributed by atoms with van der Waals surface area (Å²) in [6.45, 7) is 3.43. The van der Waals surface area contributed by atoms with Crippen molar-refractivity contribution in [2.45, 2.75) is 0 Å². The Labute approximate surface area is 122 Å². The summed E-state index contributed by atoms with van der Waals surface area (Å²) >= 11 is 1.64. The van der Waals surface area contributed by atoms with E-state index in [1.54, 1.807) is 25.4 Å². The van der Waals surface area contributed by atoms with Crippen molar-refractivity contribution >= 4 is 28.3 Å². The van der Waals surface area contributed by atoms with Gasteiger partial charge in [0.15, 0.2) is 11.1 Å². The summed E-state index contributed by atoms with van der Waals surface area (Å²) in [4.78, 5) is 25.7. The van der Waals surface area contributed by atoms with Crippen LogP contribution < -0.4 is 10.6 Å². The normalized spacial score (nSPS) is 16.4. The lowest BCUT2D eigenvalue weighted by Gasteiger charge is -2.35. The van der Waals surface area contributed by atoms with E-state index in [-0.39, 0.29) is 12.5 Å². The summed E-state index contributed by atoms with van der Waals surface area (Å²) in [5.74, 6) is 0.397. The Morgan fingerprint density at radius 3 is 2.70 bits per heavy atom. The van der Waals surface area contributed by atoms with Crippen molar-refractivity contribution in [1.29, 1.82) is 0 Å². The Hall–Kier alpha value is -1.83. The molecule has 2 rings (SSSR count). The Morgan fingerprint density at radius 1 is 1.45 bits per heavy atom. The Balaban J connectivity index is 1.84. The lowest BCUT2D eigenvalue weighted by Crippen LogP contribution is -2.51. The van der Waals surface area contributed by atoms with Crippen LogP contribution in [-0.2, 0) is 4.79 Å². The van der Waals surface area contributed by atoms with Gasteiger partial charge in [0, 0.05) is 51.9 Å². The van der Waals surface area contributed by atoms with Crippen molar-refractivity contribution in [3.63, 3.8) is 0 Å². The third-order valence-electron chi connectivity index (χ3n) is 3.17. The van der Waals surface area contributed by atoms with Gasteiger partial charge in [0.25, 0.3) is 0 Å². The Morgan fingerprint density at radius 2 is 2.15 bits per heavy atom. The van der Waals surface area contributed by atoms with E-state index >= 15 is 0 Å². The topological polar surface area (TPSA) is 78.1 Å². The number of anilines is 1. The zero-order chi connectivity index (χ0) is 14.5. The molecular formula is C12H20N6OS. The maximum atomic E-state index is 11.5. The number of carbonyl (C=O) groups is 1. The fourth-order valence-electron chi connectivity index (χ4n) is 1.89. The number of carbonyl (C=O) groups excluding carboxylic acids is 1. The van der Waals surface area contributed by atoms with Crippen LogP contribution in [0.1, 0.15) is 0 Å². The molecule has 2 heterocycles. The first-order valence-electron chi connectivity index (χ1n) is 6.47. The SMILES string of the molecule is CN(C)C(=O)CN=C(N)N1CCN(c2nccs2)CC1. The molecule has 1 aliphatic rings. The minimum Gasteiger partial charge on any atom is -0.370 e. The largest absolute Gasteiger partial charge is 0.370 e. The molecule has 1 aromatic rings. The summed E-state index contributed by atoms with van der Waals surface area (Å²) in [7, 11) is 3.42. The van der Waals surface area contributed by atoms with E-state index < -0.39 is 0 Å². The number of aliphatic imine (C=N–C) groups is 1. The van der Waals surface area contributed by atoms with Crippen LogP contribution in [0, 0.1) is 0 Å². The predicted octanol–water partition coefficient (Wildman–Crippen LogP) is -0.332. The summed E-state index contributed by atoms with van der Waals surface area (Å²) in [6.07, 6.45) is 1.81. The van der Waals surface area contributed by atoms with E-state index in [2.05, 4.69) is 14.9 Å². The molecule has 0 spiro atoms. The molecule has 20 heavy (non-hydrogen) atoms. The van der Waals surface area contributed by atoms with Gasteiger partial charge < -0.3 is 20.4 Å². The second kappa shape index (κ2) is 6.56. The molecule has 1 aliphatic heterocycles. The molecule has 1 aromatic heterocycles. The molecule has 0 radical (unpaired) electrons. The van der Waals surface area contributed by atoms with Crippen LogP contribution in [-0.4, -0.2) is 73.5 Å². The van der Waals surface area contributed by atoms with Crippen molar-refractivity contribution < 1.29 is 4.79 Å². The lowest BCUT2D eigenvalue weighted by atomic mass is 10.3. The third-order valence-corrected chi connectivity index (χ3v) is 4.00. The molecule has 0 atom stereocenters. The van der Waals surface area contributed by atoms with Gasteiger partial charge in [-0.3, -0.25) is 4.79 Å². The Kier molecular flexibility index (Phi) is 4.78. The highest BCUT2D eigenvalue weighted by atomic mass is 32.1. The highest BCUT2D eigenvalue weighted by Gasteiger charge is 2.19. The van der Waals surface area contributed by atoms with Crippen LogP contribution in [0.2, 0.25) is 0 Å². The molecule has 110 valence electrons. The van der Waals surface area contributed by atoms with E-state index in [0.29, 0.717) is 5.96 Å². The van der Waals surface area contributed by atoms with Gasteiger partial charge in [0.05, 0.1) is 0 Å².